The molecule has 0 spiro atoms. The number of sulfone groups is 1. The molecule has 0 amide bonds. The Labute approximate surface area is 164 Å². The van der Waals surface area contributed by atoms with Gasteiger partial charge in [-0.25, -0.2) is 8.42 Å². The second-order valence-electron chi connectivity index (χ2n) is 8.07. The van der Waals surface area contributed by atoms with E-state index in [-0.39, 0.29) is 11.2 Å². The summed E-state index contributed by atoms with van der Waals surface area (Å²) in [7, 11) is -3.29. The molecular weight excluding hydrogens is 374 g/mol. The van der Waals surface area contributed by atoms with Gasteiger partial charge in [-0.1, -0.05) is 6.07 Å². The van der Waals surface area contributed by atoms with Crippen LogP contribution in [0.15, 0.2) is 58.5 Å². The maximum Gasteiger partial charge on any atom is 0.183 e. The smallest absolute Gasteiger partial charge is 0.183 e. The fraction of sp³-hybridized carbons (Fsp3) is 0.381. The minimum absolute atomic E-state index is 0.0204. The number of fused-ring (bicyclic) bond motifs is 3. The molecule has 1 saturated heterocycles. The Balaban J connectivity index is 1.43. The van der Waals surface area contributed by atoms with Gasteiger partial charge in [0.25, 0.3) is 0 Å². The third-order valence-corrected chi connectivity index (χ3v) is 8.16. The number of likely N-dealkylation sites (tertiary alicyclic amines) is 1. The van der Waals surface area contributed by atoms with Gasteiger partial charge in [0.2, 0.25) is 0 Å². The van der Waals surface area contributed by atoms with Crippen LogP contribution in [0.5, 0.6) is 0 Å². The van der Waals surface area contributed by atoms with Crippen LogP contribution in [-0.4, -0.2) is 41.4 Å². The van der Waals surface area contributed by atoms with E-state index in [0.29, 0.717) is 17.5 Å². The van der Waals surface area contributed by atoms with E-state index in [9.17, 15) is 8.42 Å². The first-order valence-corrected chi connectivity index (χ1v) is 11.1. The lowest BCUT2D eigenvalue weighted by Crippen LogP contribution is -2.25. The molecule has 2 atom stereocenters. The quantitative estimate of drug-likeness (QED) is 0.674. The maximum atomic E-state index is 13.1. The predicted octanol–water partition coefficient (Wildman–Crippen LogP) is 3.48. The Morgan fingerprint density at radius 2 is 2.07 bits per heavy atom. The van der Waals surface area contributed by atoms with Crippen molar-refractivity contribution in [1.82, 2.24) is 14.7 Å². The molecule has 2 aromatic heterocycles. The van der Waals surface area contributed by atoms with Crippen LogP contribution in [0.3, 0.4) is 0 Å². The summed E-state index contributed by atoms with van der Waals surface area (Å²) in [6.07, 6.45) is 7.26. The van der Waals surface area contributed by atoms with Crippen LogP contribution in [0.2, 0.25) is 0 Å². The summed E-state index contributed by atoms with van der Waals surface area (Å²) in [5, 5.41) is 4.04. The third-order valence-electron chi connectivity index (χ3n) is 5.90. The molecule has 0 saturated carbocycles. The average molecular weight is 398 g/mol. The third kappa shape index (κ3) is 2.72. The van der Waals surface area contributed by atoms with Crippen molar-refractivity contribution in [2.75, 3.05) is 13.1 Å². The molecule has 6 nitrogen and oxygen atoms in total. The van der Waals surface area contributed by atoms with Gasteiger partial charge in [-0.2, -0.15) is 5.10 Å². The lowest BCUT2D eigenvalue weighted by molar-refractivity contribution is 0.325. The van der Waals surface area contributed by atoms with E-state index in [2.05, 4.69) is 30.0 Å². The summed E-state index contributed by atoms with van der Waals surface area (Å²) >= 11 is 0. The molecule has 0 N–H and O–H groups in total. The number of benzene rings is 1. The highest BCUT2D eigenvalue weighted by Crippen LogP contribution is 2.46. The van der Waals surface area contributed by atoms with Crippen molar-refractivity contribution in [2.24, 2.45) is 0 Å². The zero-order chi connectivity index (χ0) is 19.5. The van der Waals surface area contributed by atoms with E-state index in [1.807, 2.05) is 29.1 Å². The number of rotatable bonds is 4. The van der Waals surface area contributed by atoms with Gasteiger partial charge in [0.15, 0.2) is 9.84 Å². The molecule has 0 aliphatic carbocycles. The monoisotopic (exact) mass is 397 g/mol. The molecular formula is C21H23N3O3S. The molecule has 146 valence electrons. The molecule has 5 rings (SSSR count). The highest BCUT2D eigenvalue weighted by Gasteiger charge is 2.50. The topological polar surface area (TPSA) is 68.3 Å². The Kier molecular flexibility index (Phi) is 4.00. The number of furan rings is 1. The average Bonchev–Trinajstić information content (AvgIpc) is 3.43. The highest BCUT2D eigenvalue weighted by molar-refractivity contribution is 7.92. The van der Waals surface area contributed by atoms with Gasteiger partial charge in [-0.15, -0.1) is 0 Å². The van der Waals surface area contributed by atoms with E-state index >= 15 is 0 Å². The van der Waals surface area contributed by atoms with Gasteiger partial charge in [-0.05, 0) is 43.2 Å². The van der Waals surface area contributed by atoms with Crippen molar-refractivity contribution in [3.8, 4) is 11.1 Å². The summed E-state index contributed by atoms with van der Waals surface area (Å²) in [5.41, 5.74) is 4.04. The molecule has 3 aromatic rings. The molecule has 0 bridgehead atoms. The normalized spacial score (nSPS) is 23.2. The summed E-state index contributed by atoms with van der Waals surface area (Å²) in [6, 6.07) is 7.89. The van der Waals surface area contributed by atoms with Gasteiger partial charge < -0.3 is 4.42 Å². The summed E-state index contributed by atoms with van der Waals surface area (Å²) in [5.74, 6) is 0.0204. The molecule has 1 fully saturated rings. The fourth-order valence-corrected chi connectivity index (χ4v) is 6.66. The van der Waals surface area contributed by atoms with Crippen LogP contribution in [0.25, 0.3) is 11.1 Å². The Bertz CT molecular complexity index is 1120. The van der Waals surface area contributed by atoms with Crippen molar-refractivity contribution in [3.63, 3.8) is 0 Å². The van der Waals surface area contributed by atoms with Crippen LogP contribution in [0.4, 0.5) is 0 Å². The Morgan fingerprint density at radius 1 is 1.21 bits per heavy atom. The lowest BCUT2D eigenvalue weighted by Gasteiger charge is -2.16. The Hall–Kier alpha value is -2.38. The first-order chi connectivity index (χ1) is 13.4. The van der Waals surface area contributed by atoms with Gasteiger partial charge in [0.05, 0.1) is 28.9 Å². The van der Waals surface area contributed by atoms with Gasteiger partial charge in [0, 0.05) is 48.9 Å². The zero-order valence-electron chi connectivity index (χ0n) is 15.9. The first-order valence-electron chi connectivity index (χ1n) is 9.59. The summed E-state index contributed by atoms with van der Waals surface area (Å²) in [6.45, 7) is 6.23. The standard InChI is InChI=1S/C21H23N3O3S/c1-14(2)24-10-15(8-22-24)9-23-11-19-18-7-16(17-5-6-27-13-17)3-4-20(18)28(25,26)21(19)12-23/h3-8,10,13-14,19,21H,9,11-12H2,1-2H3/t19-,21-/m1/s1. The number of nitrogens with zero attached hydrogens (tertiary/aromatic N) is 3. The van der Waals surface area contributed by atoms with Crippen molar-refractivity contribution in [3.05, 3.63) is 60.3 Å². The Morgan fingerprint density at radius 3 is 2.79 bits per heavy atom. The van der Waals surface area contributed by atoms with E-state index in [1.165, 1.54) is 0 Å². The zero-order valence-corrected chi connectivity index (χ0v) is 16.8. The van der Waals surface area contributed by atoms with Gasteiger partial charge >= 0.3 is 0 Å². The van der Waals surface area contributed by atoms with Gasteiger partial charge in [-0.3, -0.25) is 9.58 Å². The summed E-state index contributed by atoms with van der Waals surface area (Å²) in [4.78, 5) is 2.74. The van der Waals surface area contributed by atoms with Crippen LogP contribution < -0.4 is 0 Å². The number of aromatic nitrogens is 2. The number of hydrogen-bond donors (Lipinski definition) is 0. The molecule has 4 heterocycles. The van der Waals surface area contributed by atoms with E-state index in [0.717, 1.165) is 35.3 Å². The largest absolute Gasteiger partial charge is 0.472 e. The minimum Gasteiger partial charge on any atom is -0.472 e. The van der Waals surface area contributed by atoms with Crippen molar-refractivity contribution < 1.29 is 12.8 Å². The predicted molar refractivity (Wildman–Crippen MR) is 106 cm³/mol. The molecule has 7 heteroatoms. The van der Waals surface area contributed by atoms with Crippen molar-refractivity contribution in [1.29, 1.82) is 0 Å². The fourth-order valence-electron chi connectivity index (χ4n) is 4.46. The van der Waals surface area contributed by atoms with Crippen LogP contribution in [0, 0.1) is 0 Å². The SMILES string of the molecule is CC(C)n1cc(CN2C[C@@H]3c4cc(-c5ccoc5)ccc4S(=O)(=O)[C@@H]3C2)cn1. The maximum absolute atomic E-state index is 13.1. The highest BCUT2D eigenvalue weighted by atomic mass is 32.2. The molecule has 2 aliphatic rings. The van der Waals surface area contributed by atoms with E-state index < -0.39 is 9.84 Å². The van der Waals surface area contributed by atoms with Gasteiger partial charge in [0.1, 0.15) is 0 Å². The molecule has 2 aliphatic heterocycles. The first kappa shape index (κ1) is 17.7. The second-order valence-corrected chi connectivity index (χ2v) is 10.2. The van der Waals surface area contributed by atoms with Crippen LogP contribution in [-0.2, 0) is 16.4 Å². The molecule has 1 aromatic carbocycles. The van der Waals surface area contributed by atoms with Crippen LogP contribution in [0.1, 0.15) is 36.9 Å². The number of hydrogen-bond acceptors (Lipinski definition) is 5. The summed E-state index contributed by atoms with van der Waals surface area (Å²) < 4.78 is 33.3. The van der Waals surface area contributed by atoms with Crippen LogP contribution >= 0.6 is 0 Å². The molecule has 0 radical (unpaired) electrons. The minimum atomic E-state index is -3.29. The second kappa shape index (κ2) is 6.32. The van der Waals surface area contributed by atoms with Crippen molar-refractivity contribution in [2.45, 2.75) is 42.5 Å². The lowest BCUT2D eigenvalue weighted by atomic mass is 9.95. The molecule has 0 unspecified atom stereocenters. The molecule has 28 heavy (non-hydrogen) atoms. The van der Waals surface area contributed by atoms with E-state index in [1.54, 1.807) is 18.6 Å². The van der Waals surface area contributed by atoms with Crippen molar-refractivity contribution >= 4 is 9.84 Å². The van der Waals surface area contributed by atoms with E-state index in [4.69, 9.17) is 4.42 Å².